The minimum atomic E-state index is 0.937. The Bertz CT molecular complexity index is 2470. The van der Waals surface area contributed by atoms with Crippen LogP contribution >= 0.6 is 0 Å². The predicted octanol–water partition coefficient (Wildman–Crippen LogP) is 11.8. The van der Waals surface area contributed by atoms with Crippen molar-refractivity contribution in [2.45, 2.75) is 6.92 Å². The summed E-state index contributed by atoms with van der Waals surface area (Å²) >= 11 is 0. The largest absolute Gasteiger partial charge is 0.456 e. The van der Waals surface area contributed by atoms with Crippen LogP contribution in [-0.2, 0) is 0 Å². The topological polar surface area (TPSA) is 13.1 Å². The number of rotatable bonds is 2. The third-order valence-corrected chi connectivity index (χ3v) is 8.87. The van der Waals surface area contributed by atoms with Gasteiger partial charge in [-0.25, -0.2) is 0 Å². The van der Waals surface area contributed by atoms with Crippen molar-refractivity contribution in [2.75, 3.05) is 0 Å². The van der Waals surface area contributed by atoms with Crippen LogP contribution in [0.1, 0.15) is 5.56 Å². The Morgan fingerprint density at radius 1 is 0.381 bits per heavy atom. The van der Waals surface area contributed by atoms with E-state index in [4.69, 9.17) is 4.42 Å². The van der Waals surface area contributed by atoms with Crippen LogP contribution in [0.3, 0.4) is 0 Å². The van der Waals surface area contributed by atoms with Crippen molar-refractivity contribution in [3.63, 3.8) is 0 Å². The van der Waals surface area contributed by atoms with Crippen LogP contribution < -0.4 is 0 Å². The molecule has 1 heteroatoms. The fourth-order valence-corrected chi connectivity index (χ4v) is 6.96. The molecule has 8 aromatic carbocycles. The van der Waals surface area contributed by atoms with Crippen molar-refractivity contribution in [1.29, 1.82) is 0 Å². The Labute approximate surface area is 243 Å². The third kappa shape index (κ3) is 3.37. The highest BCUT2D eigenvalue weighted by molar-refractivity contribution is 6.23. The number of furan rings is 1. The average molecular weight is 535 g/mol. The van der Waals surface area contributed by atoms with E-state index in [1.54, 1.807) is 0 Å². The van der Waals surface area contributed by atoms with E-state index in [2.05, 4.69) is 146 Å². The molecule has 0 aliphatic rings. The van der Waals surface area contributed by atoms with Gasteiger partial charge in [0.1, 0.15) is 11.2 Å². The number of benzene rings is 8. The van der Waals surface area contributed by atoms with E-state index in [-0.39, 0.29) is 0 Å². The lowest BCUT2D eigenvalue weighted by molar-refractivity contribution is 0.669. The van der Waals surface area contributed by atoms with Gasteiger partial charge in [-0.05, 0) is 102 Å². The van der Waals surface area contributed by atoms with Crippen molar-refractivity contribution in [2.24, 2.45) is 0 Å². The maximum atomic E-state index is 6.25. The van der Waals surface area contributed by atoms with E-state index >= 15 is 0 Å². The summed E-state index contributed by atoms with van der Waals surface area (Å²) in [4.78, 5) is 0. The standard InChI is InChI=1S/C41H26O/c1-25-14-19-36-38(22-25)42-37-21-18-28-24-30(17-20-31(28)41(36)37)40-34-12-6-4-10-32(34)39(33-11-5-7-13-35(33)40)29-16-15-26-8-2-3-9-27(26)23-29/h2-24H,1H3. The third-order valence-electron chi connectivity index (χ3n) is 8.87. The van der Waals surface area contributed by atoms with E-state index in [0.29, 0.717) is 0 Å². The molecule has 0 aliphatic heterocycles. The lowest BCUT2D eigenvalue weighted by atomic mass is 9.85. The molecule has 0 unspecified atom stereocenters. The first kappa shape index (κ1) is 23.3. The average Bonchev–Trinajstić information content (AvgIpc) is 3.41. The quantitative estimate of drug-likeness (QED) is 0.201. The van der Waals surface area contributed by atoms with Gasteiger partial charge >= 0.3 is 0 Å². The molecular weight excluding hydrogens is 508 g/mol. The Morgan fingerprint density at radius 2 is 0.929 bits per heavy atom. The first-order valence-corrected chi connectivity index (χ1v) is 14.5. The van der Waals surface area contributed by atoms with Gasteiger partial charge in [0.2, 0.25) is 0 Å². The monoisotopic (exact) mass is 534 g/mol. The van der Waals surface area contributed by atoms with E-state index in [9.17, 15) is 0 Å². The molecule has 1 heterocycles. The summed E-state index contributed by atoms with van der Waals surface area (Å²) in [6, 6.07) is 50.9. The summed E-state index contributed by atoms with van der Waals surface area (Å²) in [6.45, 7) is 2.11. The molecule has 0 saturated carbocycles. The van der Waals surface area contributed by atoms with Crippen molar-refractivity contribution < 1.29 is 4.42 Å². The maximum absolute atomic E-state index is 6.25. The molecule has 9 rings (SSSR count). The second kappa shape index (κ2) is 8.80. The summed E-state index contributed by atoms with van der Waals surface area (Å²) in [7, 11) is 0. The first-order valence-electron chi connectivity index (χ1n) is 14.5. The molecule has 1 aromatic heterocycles. The SMILES string of the molecule is Cc1ccc2c(c1)oc1ccc3cc(-c4c5ccccc5c(-c5ccc6ccccc6c5)c5ccccc45)ccc3c12. The lowest BCUT2D eigenvalue weighted by Crippen LogP contribution is -1.91. The molecule has 0 radical (unpaired) electrons. The second-order valence-corrected chi connectivity index (χ2v) is 11.4. The Morgan fingerprint density at radius 3 is 1.62 bits per heavy atom. The van der Waals surface area contributed by atoms with Crippen LogP contribution in [0.2, 0.25) is 0 Å². The van der Waals surface area contributed by atoms with E-state index < -0.39 is 0 Å². The van der Waals surface area contributed by atoms with Crippen LogP contribution in [0.15, 0.2) is 144 Å². The number of aryl methyl sites for hydroxylation is 1. The zero-order valence-electron chi connectivity index (χ0n) is 23.2. The number of hydrogen-bond donors (Lipinski definition) is 0. The van der Waals surface area contributed by atoms with Crippen LogP contribution in [0.25, 0.3) is 87.3 Å². The number of fused-ring (bicyclic) bond motifs is 8. The molecular formula is C41H26O. The molecule has 0 aliphatic carbocycles. The molecule has 1 nitrogen and oxygen atoms in total. The molecule has 196 valence electrons. The maximum Gasteiger partial charge on any atom is 0.136 e. The van der Waals surface area contributed by atoms with Gasteiger partial charge in [0.25, 0.3) is 0 Å². The highest BCUT2D eigenvalue weighted by Crippen LogP contribution is 2.45. The highest BCUT2D eigenvalue weighted by atomic mass is 16.3. The highest BCUT2D eigenvalue weighted by Gasteiger charge is 2.18. The summed E-state index contributed by atoms with van der Waals surface area (Å²) in [5.74, 6) is 0. The minimum absolute atomic E-state index is 0.937. The zero-order valence-corrected chi connectivity index (χ0v) is 23.2. The molecule has 0 saturated heterocycles. The van der Waals surface area contributed by atoms with Crippen molar-refractivity contribution in [1.82, 2.24) is 0 Å². The van der Waals surface area contributed by atoms with E-state index in [1.165, 1.54) is 81.7 Å². The Kier molecular flexibility index (Phi) is 4.88. The smallest absolute Gasteiger partial charge is 0.136 e. The fourth-order valence-electron chi connectivity index (χ4n) is 6.96. The number of hydrogen-bond acceptors (Lipinski definition) is 1. The van der Waals surface area contributed by atoms with Crippen molar-refractivity contribution in [3.05, 3.63) is 145 Å². The second-order valence-electron chi connectivity index (χ2n) is 11.4. The van der Waals surface area contributed by atoms with Crippen LogP contribution in [0, 0.1) is 6.92 Å². The summed E-state index contributed by atoms with van der Waals surface area (Å²) < 4.78 is 6.25. The lowest BCUT2D eigenvalue weighted by Gasteiger charge is -2.18. The molecule has 42 heavy (non-hydrogen) atoms. The Hall–Kier alpha value is -5.40. The fraction of sp³-hybridized carbons (Fsp3) is 0.0244. The van der Waals surface area contributed by atoms with Crippen molar-refractivity contribution >= 4 is 65.0 Å². The predicted molar refractivity (Wildman–Crippen MR) is 179 cm³/mol. The van der Waals surface area contributed by atoms with Crippen LogP contribution in [0.4, 0.5) is 0 Å². The van der Waals surface area contributed by atoms with E-state index in [0.717, 1.165) is 11.2 Å². The van der Waals surface area contributed by atoms with Gasteiger partial charge in [-0.2, -0.15) is 0 Å². The first-order chi connectivity index (χ1) is 20.7. The summed E-state index contributed by atoms with van der Waals surface area (Å²) in [5, 5.41) is 12.4. The molecule has 0 bridgehead atoms. The van der Waals surface area contributed by atoms with Gasteiger partial charge in [-0.1, -0.05) is 115 Å². The molecule has 0 N–H and O–H groups in total. The summed E-state index contributed by atoms with van der Waals surface area (Å²) in [6.07, 6.45) is 0. The van der Waals surface area contributed by atoms with Gasteiger partial charge < -0.3 is 4.42 Å². The normalized spacial score (nSPS) is 11.9. The molecule has 0 spiro atoms. The van der Waals surface area contributed by atoms with Crippen LogP contribution in [0.5, 0.6) is 0 Å². The van der Waals surface area contributed by atoms with Gasteiger partial charge in [0.15, 0.2) is 0 Å². The Balaban J connectivity index is 1.34. The van der Waals surface area contributed by atoms with Crippen LogP contribution in [-0.4, -0.2) is 0 Å². The molecule has 9 aromatic rings. The van der Waals surface area contributed by atoms with Gasteiger partial charge in [-0.15, -0.1) is 0 Å². The van der Waals surface area contributed by atoms with Gasteiger partial charge in [0.05, 0.1) is 0 Å². The van der Waals surface area contributed by atoms with Gasteiger partial charge in [-0.3, -0.25) is 0 Å². The van der Waals surface area contributed by atoms with E-state index in [1.807, 2.05) is 0 Å². The molecule has 0 atom stereocenters. The summed E-state index contributed by atoms with van der Waals surface area (Å²) in [5.41, 5.74) is 8.13. The van der Waals surface area contributed by atoms with Crippen molar-refractivity contribution in [3.8, 4) is 22.3 Å². The zero-order chi connectivity index (χ0) is 27.8. The molecule has 0 fully saturated rings. The molecule has 0 amide bonds. The minimum Gasteiger partial charge on any atom is -0.456 e. The van der Waals surface area contributed by atoms with Gasteiger partial charge in [0, 0.05) is 10.8 Å².